The van der Waals surface area contributed by atoms with Crippen LogP contribution in [-0.2, 0) is 15.1 Å². The summed E-state index contributed by atoms with van der Waals surface area (Å²) in [7, 11) is 0. The number of nitrogens with one attached hydrogen (secondary N) is 3. The molecule has 1 fully saturated rings. The largest absolute Gasteiger partial charge is 0.444 e. The van der Waals surface area contributed by atoms with Gasteiger partial charge in [0.05, 0.1) is 16.9 Å². The summed E-state index contributed by atoms with van der Waals surface area (Å²) in [5.74, 6) is 0.576. The van der Waals surface area contributed by atoms with Crippen molar-refractivity contribution < 1.29 is 14.3 Å². The summed E-state index contributed by atoms with van der Waals surface area (Å²) in [6, 6.07) is 19.9. The zero-order valence-electron chi connectivity index (χ0n) is 21.1. The third kappa shape index (κ3) is 4.65. The number of benzene rings is 2. The van der Waals surface area contributed by atoms with Crippen LogP contribution in [0, 0.1) is 0 Å². The third-order valence-electron chi connectivity index (χ3n) is 6.77. The van der Waals surface area contributed by atoms with E-state index in [0.717, 1.165) is 47.2 Å². The van der Waals surface area contributed by atoms with Crippen LogP contribution in [0.25, 0.3) is 22.4 Å². The number of ether oxygens (including phenoxy) is 1. The first-order chi connectivity index (χ1) is 17.1. The quantitative estimate of drug-likeness (QED) is 0.418. The fraction of sp³-hybridized carbons (Fsp3) is 0.345. The van der Waals surface area contributed by atoms with Gasteiger partial charge in [0.1, 0.15) is 11.6 Å². The molecule has 3 aromatic rings. The van der Waals surface area contributed by atoms with Crippen molar-refractivity contribution in [1.82, 2.24) is 10.3 Å². The van der Waals surface area contributed by atoms with Crippen LogP contribution in [0.5, 0.6) is 0 Å². The SMILES string of the molecule is CC1Nc2nc(-c3ccc(C4(NC(=O)OC(C)(C)C)CCC4)cc3)c(-c3ccccc3)cc2NC1=O. The van der Waals surface area contributed by atoms with E-state index in [-0.39, 0.29) is 11.9 Å². The second kappa shape index (κ2) is 8.97. The molecule has 1 unspecified atom stereocenters. The topological polar surface area (TPSA) is 92.3 Å². The highest BCUT2D eigenvalue weighted by Crippen LogP contribution is 2.43. The maximum absolute atomic E-state index is 12.5. The van der Waals surface area contributed by atoms with E-state index >= 15 is 0 Å². The Labute approximate surface area is 211 Å². The Morgan fingerprint density at radius 1 is 1.06 bits per heavy atom. The van der Waals surface area contributed by atoms with Crippen LogP contribution in [0.2, 0.25) is 0 Å². The molecule has 1 atom stereocenters. The monoisotopic (exact) mass is 484 g/mol. The molecule has 0 spiro atoms. The van der Waals surface area contributed by atoms with E-state index in [0.29, 0.717) is 11.5 Å². The Morgan fingerprint density at radius 2 is 1.75 bits per heavy atom. The number of hydrogen-bond donors (Lipinski definition) is 3. The predicted octanol–water partition coefficient (Wildman–Crippen LogP) is 6.07. The van der Waals surface area contributed by atoms with Crippen LogP contribution < -0.4 is 16.0 Å². The molecular weight excluding hydrogens is 452 g/mol. The van der Waals surface area contributed by atoms with Gasteiger partial charge >= 0.3 is 6.09 Å². The highest BCUT2D eigenvalue weighted by molar-refractivity contribution is 6.03. The van der Waals surface area contributed by atoms with Gasteiger partial charge in [-0.25, -0.2) is 9.78 Å². The van der Waals surface area contributed by atoms with Gasteiger partial charge < -0.3 is 20.7 Å². The van der Waals surface area contributed by atoms with Crippen LogP contribution >= 0.6 is 0 Å². The van der Waals surface area contributed by atoms with Gasteiger partial charge in [-0.1, -0.05) is 54.6 Å². The average Bonchev–Trinajstić information content (AvgIpc) is 2.81. The van der Waals surface area contributed by atoms with Crippen molar-refractivity contribution in [2.75, 3.05) is 10.6 Å². The van der Waals surface area contributed by atoms with Crippen LogP contribution in [0.4, 0.5) is 16.3 Å². The molecule has 2 aliphatic rings. The van der Waals surface area contributed by atoms with E-state index in [4.69, 9.17) is 9.72 Å². The van der Waals surface area contributed by atoms with E-state index < -0.39 is 17.2 Å². The summed E-state index contributed by atoms with van der Waals surface area (Å²) in [5, 5.41) is 9.29. The number of hydrogen-bond acceptors (Lipinski definition) is 5. The number of carbonyl (C=O) groups is 2. The smallest absolute Gasteiger partial charge is 0.408 e. The molecule has 1 aliphatic heterocycles. The summed E-state index contributed by atoms with van der Waals surface area (Å²) in [6.07, 6.45) is 2.41. The molecule has 1 saturated carbocycles. The molecule has 2 aromatic carbocycles. The van der Waals surface area contributed by atoms with Crippen molar-refractivity contribution in [1.29, 1.82) is 0 Å². The minimum absolute atomic E-state index is 0.0799. The Morgan fingerprint density at radius 3 is 2.36 bits per heavy atom. The highest BCUT2D eigenvalue weighted by atomic mass is 16.6. The Bertz CT molecular complexity index is 1290. The Hall–Kier alpha value is -3.87. The molecule has 36 heavy (non-hydrogen) atoms. The molecule has 3 N–H and O–H groups in total. The Kier molecular flexibility index (Phi) is 5.94. The first kappa shape index (κ1) is 23.9. The minimum atomic E-state index is -0.546. The lowest BCUT2D eigenvalue weighted by molar-refractivity contribution is -0.116. The number of anilines is 2. The molecule has 186 valence electrons. The second-order valence-corrected chi connectivity index (χ2v) is 10.6. The van der Waals surface area contributed by atoms with Crippen molar-refractivity contribution in [3.05, 3.63) is 66.2 Å². The van der Waals surface area contributed by atoms with E-state index in [2.05, 4.69) is 40.2 Å². The van der Waals surface area contributed by atoms with Gasteiger partial charge in [-0.2, -0.15) is 0 Å². The number of aromatic nitrogens is 1. The number of rotatable bonds is 4. The second-order valence-electron chi connectivity index (χ2n) is 10.6. The highest BCUT2D eigenvalue weighted by Gasteiger charge is 2.41. The molecule has 1 aliphatic carbocycles. The van der Waals surface area contributed by atoms with E-state index in [1.165, 1.54) is 0 Å². The average molecular weight is 485 g/mol. The Balaban J connectivity index is 1.50. The first-order valence-electron chi connectivity index (χ1n) is 12.4. The summed E-state index contributed by atoms with van der Waals surface area (Å²) < 4.78 is 5.52. The molecule has 2 amide bonds. The van der Waals surface area contributed by atoms with Gasteiger partial charge in [0.25, 0.3) is 0 Å². The fourth-order valence-corrected chi connectivity index (χ4v) is 4.75. The lowest BCUT2D eigenvalue weighted by Crippen LogP contribution is -2.52. The van der Waals surface area contributed by atoms with Crippen LogP contribution in [0.3, 0.4) is 0 Å². The van der Waals surface area contributed by atoms with Crippen molar-refractivity contribution in [2.24, 2.45) is 0 Å². The van der Waals surface area contributed by atoms with E-state index in [1.807, 2.05) is 64.1 Å². The first-order valence-corrected chi connectivity index (χ1v) is 12.4. The number of amides is 2. The summed E-state index contributed by atoms with van der Waals surface area (Å²) in [6.45, 7) is 7.42. The lowest BCUT2D eigenvalue weighted by Gasteiger charge is -2.43. The van der Waals surface area contributed by atoms with Crippen molar-refractivity contribution >= 4 is 23.5 Å². The standard InChI is InChI=1S/C29H32N4O3/c1-18-26(34)31-23-17-22(19-9-6-5-7-10-19)24(32-25(23)30-18)20-11-13-21(14-12-20)29(15-8-16-29)33-27(35)36-28(2,3)4/h5-7,9-14,17-18H,8,15-16H2,1-4H3,(H,30,32)(H,31,34)(H,33,35). The van der Waals surface area contributed by atoms with E-state index in [1.54, 1.807) is 0 Å². The molecule has 2 heterocycles. The summed E-state index contributed by atoms with van der Waals surface area (Å²) in [4.78, 5) is 29.7. The number of carbonyl (C=O) groups excluding carboxylic acids is 2. The van der Waals surface area contributed by atoms with Crippen molar-refractivity contribution in [2.45, 2.75) is 64.1 Å². The van der Waals surface area contributed by atoms with Gasteiger partial charge in [0, 0.05) is 11.1 Å². The van der Waals surface area contributed by atoms with Crippen molar-refractivity contribution in [3.63, 3.8) is 0 Å². The van der Waals surface area contributed by atoms with Gasteiger partial charge in [-0.05, 0) is 64.2 Å². The van der Waals surface area contributed by atoms with Gasteiger partial charge in [-0.3, -0.25) is 4.79 Å². The number of alkyl carbamates (subject to hydrolysis) is 1. The molecule has 0 bridgehead atoms. The number of fused-ring (bicyclic) bond motifs is 1. The minimum Gasteiger partial charge on any atom is -0.444 e. The molecule has 7 heteroatoms. The molecular formula is C29H32N4O3. The summed E-state index contributed by atoms with van der Waals surface area (Å²) >= 11 is 0. The normalized spacial score (nSPS) is 18.2. The van der Waals surface area contributed by atoms with Crippen LogP contribution in [0.1, 0.15) is 52.5 Å². The van der Waals surface area contributed by atoms with Crippen LogP contribution in [-0.4, -0.2) is 28.6 Å². The summed E-state index contributed by atoms with van der Waals surface area (Å²) in [5.41, 5.74) is 4.51. The zero-order chi connectivity index (χ0) is 25.5. The number of pyridine rings is 1. The van der Waals surface area contributed by atoms with Gasteiger partial charge in [-0.15, -0.1) is 0 Å². The third-order valence-corrected chi connectivity index (χ3v) is 6.77. The molecule has 1 aromatic heterocycles. The molecule has 0 radical (unpaired) electrons. The van der Waals surface area contributed by atoms with Crippen molar-refractivity contribution in [3.8, 4) is 22.4 Å². The maximum Gasteiger partial charge on any atom is 0.408 e. The molecule has 0 saturated heterocycles. The predicted molar refractivity (Wildman–Crippen MR) is 142 cm³/mol. The van der Waals surface area contributed by atoms with Gasteiger partial charge in [0.15, 0.2) is 5.82 Å². The fourth-order valence-electron chi connectivity index (χ4n) is 4.75. The number of nitrogens with zero attached hydrogens (tertiary/aromatic N) is 1. The molecule has 5 rings (SSSR count). The van der Waals surface area contributed by atoms with Gasteiger partial charge in [0.2, 0.25) is 5.91 Å². The van der Waals surface area contributed by atoms with Crippen LogP contribution in [0.15, 0.2) is 60.7 Å². The lowest BCUT2D eigenvalue weighted by atomic mass is 9.71. The zero-order valence-corrected chi connectivity index (χ0v) is 21.1. The molecule has 7 nitrogen and oxygen atoms in total. The van der Waals surface area contributed by atoms with E-state index in [9.17, 15) is 9.59 Å². The maximum atomic E-state index is 12.5.